The maximum absolute atomic E-state index is 13.4. The number of aryl methyl sites for hydroxylation is 1. The summed E-state index contributed by atoms with van der Waals surface area (Å²) < 4.78 is 6.12. The van der Waals surface area contributed by atoms with Crippen molar-refractivity contribution >= 4 is 44.8 Å². The van der Waals surface area contributed by atoms with Crippen molar-refractivity contribution in [3.63, 3.8) is 0 Å². The lowest BCUT2D eigenvalue weighted by molar-refractivity contribution is 0.0996. The number of benzene rings is 1. The van der Waals surface area contributed by atoms with Crippen LogP contribution >= 0.6 is 11.5 Å². The van der Waals surface area contributed by atoms with Crippen molar-refractivity contribution in [3.05, 3.63) is 70.0 Å². The predicted octanol–water partition coefficient (Wildman–Crippen LogP) is 4.12. The van der Waals surface area contributed by atoms with Gasteiger partial charge in [-0.25, -0.2) is 9.97 Å². The number of hydrogen-bond donors (Lipinski definition) is 2. The molecule has 10 heteroatoms. The average molecular weight is 502 g/mol. The molecule has 184 valence electrons. The standard InChI is InChI=1S/C26H27N7O2S/c1-15-11-22(36-31-15)30-25-23(24(27)34)28-13-21(29-25)32-9-2-3-19(14-32)33-10-8-18-12-17(16-4-5-16)6-7-20(18)26(33)35/h6-8,10-13,16,19H,2-5,9,14H2,1H3,(H2,27,34)(H,29,30)/t19-/m1/s1. The van der Waals surface area contributed by atoms with Crippen LogP contribution in [0.1, 0.15) is 59.4 Å². The van der Waals surface area contributed by atoms with Crippen molar-refractivity contribution < 1.29 is 4.79 Å². The van der Waals surface area contributed by atoms with Crippen molar-refractivity contribution in [3.8, 4) is 0 Å². The molecule has 1 saturated heterocycles. The van der Waals surface area contributed by atoms with E-state index in [2.05, 4.69) is 37.8 Å². The summed E-state index contributed by atoms with van der Waals surface area (Å²) in [6, 6.07) is 10.2. The third-order valence-corrected chi connectivity index (χ3v) is 7.78. The van der Waals surface area contributed by atoms with E-state index in [1.165, 1.54) is 29.9 Å². The van der Waals surface area contributed by atoms with E-state index in [4.69, 9.17) is 10.7 Å². The highest BCUT2D eigenvalue weighted by molar-refractivity contribution is 7.10. The summed E-state index contributed by atoms with van der Waals surface area (Å²) in [5.74, 6) is 0.948. The van der Waals surface area contributed by atoms with Gasteiger partial charge in [-0.1, -0.05) is 12.1 Å². The van der Waals surface area contributed by atoms with Gasteiger partial charge >= 0.3 is 0 Å². The number of anilines is 3. The minimum atomic E-state index is -0.651. The Bertz CT molecular complexity index is 1520. The molecule has 2 fully saturated rings. The van der Waals surface area contributed by atoms with E-state index in [1.54, 1.807) is 6.20 Å². The number of nitrogens with one attached hydrogen (secondary N) is 1. The number of carbonyl (C=O) groups excluding carboxylic acids is 1. The van der Waals surface area contributed by atoms with Gasteiger partial charge in [0, 0.05) is 24.7 Å². The van der Waals surface area contributed by atoms with Gasteiger partial charge in [-0.15, -0.1) is 0 Å². The van der Waals surface area contributed by atoms with E-state index < -0.39 is 5.91 Å². The fourth-order valence-corrected chi connectivity index (χ4v) is 5.63. The lowest BCUT2D eigenvalue weighted by Gasteiger charge is -2.34. The SMILES string of the molecule is Cc1cc(Nc2nc(N3CCC[C@@H](n4ccc5cc(C6CC6)ccc5c4=O)C3)cnc2C(N)=O)sn1. The summed E-state index contributed by atoms with van der Waals surface area (Å²) in [5.41, 5.74) is 7.87. The summed E-state index contributed by atoms with van der Waals surface area (Å²) in [4.78, 5) is 36.5. The van der Waals surface area contributed by atoms with E-state index in [1.807, 2.05) is 29.8 Å². The van der Waals surface area contributed by atoms with Crippen LogP contribution in [0.3, 0.4) is 0 Å². The maximum Gasteiger partial charge on any atom is 0.271 e. The van der Waals surface area contributed by atoms with Crippen LogP contribution in [-0.2, 0) is 0 Å². The lowest BCUT2D eigenvalue weighted by atomic mass is 10.0. The van der Waals surface area contributed by atoms with Gasteiger partial charge in [0.1, 0.15) is 10.8 Å². The van der Waals surface area contributed by atoms with Gasteiger partial charge in [-0.3, -0.25) is 9.59 Å². The van der Waals surface area contributed by atoms with Crippen molar-refractivity contribution in [2.24, 2.45) is 5.73 Å². The summed E-state index contributed by atoms with van der Waals surface area (Å²) in [6.07, 6.45) is 7.80. The minimum Gasteiger partial charge on any atom is -0.364 e. The number of nitrogens with zero attached hydrogens (tertiary/aromatic N) is 5. The van der Waals surface area contributed by atoms with Crippen molar-refractivity contribution in [1.82, 2.24) is 18.9 Å². The van der Waals surface area contributed by atoms with Gasteiger partial charge in [0.2, 0.25) is 0 Å². The summed E-state index contributed by atoms with van der Waals surface area (Å²) >= 11 is 1.28. The average Bonchev–Trinajstić information content (AvgIpc) is 3.66. The zero-order valence-corrected chi connectivity index (χ0v) is 20.8. The zero-order chi connectivity index (χ0) is 24.8. The molecule has 4 heterocycles. The first-order valence-electron chi connectivity index (χ1n) is 12.2. The third kappa shape index (κ3) is 4.32. The van der Waals surface area contributed by atoms with Crippen LogP contribution < -0.4 is 21.5 Å². The number of amides is 1. The molecule has 2 aliphatic rings. The van der Waals surface area contributed by atoms with Crippen LogP contribution in [0.15, 0.2) is 47.5 Å². The number of primary amides is 1. The number of aromatic nitrogens is 4. The van der Waals surface area contributed by atoms with E-state index in [0.717, 1.165) is 40.9 Å². The smallest absolute Gasteiger partial charge is 0.271 e. The molecular weight excluding hydrogens is 474 g/mol. The summed E-state index contributed by atoms with van der Waals surface area (Å²) in [7, 11) is 0. The highest BCUT2D eigenvalue weighted by Gasteiger charge is 2.26. The first-order valence-corrected chi connectivity index (χ1v) is 13.0. The van der Waals surface area contributed by atoms with E-state index >= 15 is 0 Å². The predicted molar refractivity (Wildman–Crippen MR) is 141 cm³/mol. The Morgan fingerprint density at radius 3 is 2.81 bits per heavy atom. The van der Waals surface area contributed by atoms with E-state index in [-0.39, 0.29) is 17.3 Å². The highest BCUT2D eigenvalue weighted by Crippen LogP contribution is 2.40. The number of fused-ring (bicyclic) bond motifs is 1. The van der Waals surface area contributed by atoms with E-state index in [0.29, 0.717) is 24.1 Å². The lowest BCUT2D eigenvalue weighted by Crippen LogP contribution is -2.40. The Labute approximate surface area is 212 Å². The molecule has 0 bridgehead atoms. The fourth-order valence-electron chi connectivity index (χ4n) is 4.97. The van der Waals surface area contributed by atoms with Gasteiger partial charge in [0.05, 0.1) is 17.9 Å². The molecule has 36 heavy (non-hydrogen) atoms. The van der Waals surface area contributed by atoms with Crippen LogP contribution in [0, 0.1) is 6.92 Å². The molecule has 3 N–H and O–H groups in total. The second-order valence-electron chi connectivity index (χ2n) is 9.64. The Balaban J connectivity index is 1.28. The number of pyridine rings is 1. The molecule has 1 saturated carbocycles. The fraction of sp³-hybridized carbons (Fsp3) is 0.346. The molecular formula is C26H27N7O2S. The molecule has 0 unspecified atom stereocenters. The Hall–Kier alpha value is -3.79. The van der Waals surface area contributed by atoms with Crippen LogP contribution in [0.4, 0.5) is 16.6 Å². The number of carbonyl (C=O) groups is 1. The number of piperidine rings is 1. The van der Waals surface area contributed by atoms with Crippen LogP contribution in [0.2, 0.25) is 0 Å². The van der Waals surface area contributed by atoms with Gasteiger partial charge in [-0.05, 0) is 79.2 Å². The van der Waals surface area contributed by atoms with Gasteiger partial charge in [-0.2, -0.15) is 4.37 Å². The molecule has 1 aliphatic heterocycles. The first kappa shape index (κ1) is 22.7. The summed E-state index contributed by atoms with van der Waals surface area (Å²) in [5, 5.41) is 5.67. The molecule has 1 atom stereocenters. The van der Waals surface area contributed by atoms with Crippen molar-refractivity contribution in [2.75, 3.05) is 23.3 Å². The molecule has 6 rings (SSSR count). The monoisotopic (exact) mass is 501 g/mol. The second-order valence-corrected chi connectivity index (χ2v) is 10.4. The molecule has 0 radical (unpaired) electrons. The minimum absolute atomic E-state index is 0.0110. The largest absolute Gasteiger partial charge is 0.364 e. The highest BCUT2D eigenvalue weighted by atomic mass is 32.1. The molecule has 4 aromatic rings. The Morgan fingerprint density at radius 2 is 2.06 bits per heavy atom. The zero-order valence-electron chi connectivity index (χ0n) is 20.0. The topological polar surface area (TPSA) is 119 Å². The molecule has 3 aromatic heterocycles. The number of nitrogens with two attached hydrogens (primary N) is 1. The molecule has 9 nitrogen and oxygen atoms in total. The van der Waals surface area contributed by atoms with Gasteiger partial charge in [0.25, 0.3) is 11.5 Å². The molecule has 1 amide bonds. The maximum atomic E-state index is 13.4. The van der Waals surface area contributed by atoms with Gasteiger partial charge in [0.15, 0.2) is 11.5 Å². The Kier molecular flexibility index (Phi) is 5.67. The van der Waals surface area contributed by atoms with Crippen molar-refractivity contribution in [1.29, 1.82) is 0 Å². The van der Waals surface area contributed by atoms with Gasteiger partial charge < -0.3 is 20.5 Å². The van der Waals surface area contributed by atoms with Crippen molar-refractivity contribution in [2.45, 2.75) is 44.6 Å². The van der Waals surface area contributed by atoms with Crippen LogP contribution in [0.5, 0.6) is 0 Å². The number of rotatable bonds is 6. The van der Waals surface area contributed by atoms with Crippen LogP contribution in [-0.4, -0.2) is 37.9 Å². The third-order valence-electron chi connectivity index (χ3n) is 6.98. The Morgan fingerprint density at radius 1 is 1.19 bits per heavy atom. The number of hydrogen-bond acceptors (Lipinski definition) is 8. The first-order chi connectivity index (χ1) is 17.5. The molecule has 1 aromatic carbocycles. The molecule has 0 spiro atoms. The quantitative estimate of drug-likeness (QED) is 0.408. The normalized spacial score (nSPS) is 17.9. The van der Waals surface area contributed by atoms with Crippen LogP contribution in [0.25, 0.3) is 10.8 Å². The van der Waals surface area contributed by atoms with E-state index in [9.17, 15) is 9.59 Å². The molecule has 1 aliphatic carbocycles. The second kappa shape index (κ2) is 9.02. The summed E-state index contributed by atoms with van der Waals surface area (Å²) in [6.45, 7) is 3.30.